The summed E-state index contributed by atoms with van der Waals surface area (Å²) >= 11 is 5.72. The normalized spacial score (nSPS) is 17.2. The number of carbonyl (C=O) groups excluding carboxylic acids is 1. The van der Waals surface area contributed by atoms with Crippen LogP contribution in [0.4, 0.5) is 5.69 Å². The van der Waals surface area contributed by atoms with Gasteiger partial charge in [-0.3, -0.25) is 4.79 Å². The van der Waals surface area contributed by atoms with Crippen LogP contribution in [-0.2, 0) is 0 Å². The molecule has 0 saturated carbocycles. The summed E-state index contributed by atoms with van der Waals surface area (Å²) in [6, 6.07) is 11.3. The van der Waals surface area contributed by atoms with Crippen LogP contribution >= 0.6 is 24.0 Å². The van der Waals surface area contributed by atoms with E-state index in [0.717, 1.165) is 18.8 Å². The Morgan fingerprint density at radius 2 is 2.00 bits per heavy atom. The van der Waals surface area contributed by atoms with Gasteiger partial charge in [0, 0.05) is 18.4 Å². The molecule has 1 saturated heterocycles. The first kappa shape index (κ1) is 17.7. The van der Waals surface area contributed by atoms with Crippen molar-refractivity contribution in [2.45, 2.75) is 18.8 Å². The van der Waals surface area contributed by atoms with Gasteiger partial charge in [0.1, 0.15) is 5.15 Å². The molecule has 4 nitrogen and oxygen atoms in total. The third-order valence-electron chi connectivity index (χ3n) is 3.93. The van der Waals surface area contributed by atoms with E-state index >= 15 is 0 Å². The Hall–Kier alpha value is -1.62. The van der Waals surface area contributed by atoms with Crippen molar-refractivity contribution in [2.24, 2.45) is 0 Å². The number of aromatic nitrogens is 1. The van der Waals surface area contributed by atoms with Gasteiger partial charge >= 0.3 is 0 Å². The number of halogens is 2. The molecule has 1 aromatic heterocycles. The van der Waals surface area contributed by atoms with Gasteiger partial charge in [-0.25, -0.2) is 4.98 Å². The Morgan fingerprint density at radius 3 is 2.61 bits per heavy atom. The van der Waals surface area contributed by atoms with E-state index in [1.165, 1.54) is 24.6 Å². The molecule has 1 amide bonds. The molecule has 3 rings (SSSR count). The quantitative estimate of drug-likeness (QED) is 0.825. The van der Waals surface area contributed by atoms with Gasteiger partial charge in [0.15, 0.2) is 0 Å². The van der Waals surface area contributed by atoms with E-state index in [-0.39, 0.29) is 18.3 Å². The largest absolute Gasteiger partial charge is 0.322 e. The molecule has 1 aromatic carbocycles. The van der Waals surface area contributed by atoms with E-state index in [2.05, 4.69) is 27.8 Å². The number of hydrogen-bond acceptors (Lipinski definition) is 3. The second-order valence-electron chi connectivity index (χ2n) is 5.49. The zero-order chi connectivity index (χ0) is 15.4. The monoisotopic (exact) mass is 351 g/mol. The molecule has 2 heterocycles. The Labute approximate surface area is 147 Å². The fourth-order valence-electron chi connectivity index (χ4n) is 2.69. The van der Waals surface area contributed by atoms with Crippen LogP contribution in [0.25, 0.3) is 0 Å². The lowest BCUT2D eigenvalue weighted by Crippen LogP contribution is -2.28. The van der Waals surface area contributed by atoms with E-state index in [0.29, 0.717) is 16.6 Å². The zero-order valence-electron chi connectivity index (χ0n) is 12.6. The van der Waals surface area contributed by atoms with Crippen molar-refractivity contribution in [3.05, 3.63) is 58.9 Å². The van der Waals surface area contributed by atoms with Crippen LogP contribution in [0.1, 0.15) is 34.7 Å². The maximum atomic E-state index is 12.1. The standard InChI is InChI=1S/C17H18ClN3O.ClH/c18-16-8-5-14(11-20-16)17(22)21-15-6-3-12(4-7-15)13-2-1-9-19-10-13;/h3-8,11,13,19H,1-2,9-10H2,(H,21,22);1H/t13-;/m1./s1. The van der Waals surface area contributed by atoms with E-state index in [4.69, 9.17) is 11.6 Å². The first-order valence-corrected chi connectivity index (χ1v) is 7.84. The second-order valence-corrected chi connectivity index (χ2v) is 5.88. The number of nitrogens with zero attached hydrogens (tertiary/aromatic N) is 1. The summed E-state index contributed by atoms with van der Waals surface area (Å²) in [5, 5.41) is 6.67. The fourth-order valence-corrected chi connectivity index (χ4v) is 2.80. The summed E-state index contributed by atoms with van der Waals surface area (Å²) in [5.74, 6) is 0.384. The van der Waals surface area contributed by atoms with Crippen LogP contribution in [0.3, 0.4) is 0 Å². The van der Waals surface area contributed by atoms with Crippen molar-refractivity contribution in [3.8, 4) is 0 Å². The number of rotatable bonds is 3. The lowest BCUT2D eigenvalue weighted by atomic mass is 9.92. The SMILES string of the molecule is Cl.O=C(Nc1ccc([C@@H]2CCCNC2)cc1)c1ccc(Cl)nc1. The highest BCUT2D eigenvalue weighted by Gasteiger charge is 2.15. The highest BCUT2D eigenvalue weighted by atomic mass is 35.5. The Bertz CT molecular complexity index is 638. The number of anilines is 1. The lowest BCUT2D eigenvalue weighted by Gasteiger charge is -2.23. The third kappa shape index (κ3) is 4.67. The number of piperidine rings is 1. The van der Waals surface area contributed by atoms with Gasteiger partial charge in [-0.1, -0.05) is 23.7 Å². The molecule has 0 spiro atoms. The average molecular weight is 352 g/mol. The highest BCUT2D eigenvalue weighted by Crippen LogP contribution is 2.24. The highest BCUT2D eigenvalue weighted by molar-refractivity contribution is 6.29. The predicted molar refractivity (Wildman–Crippen MR) is 95.7 cm³/mol. The molecule has 2 aromatic rings. The molecule has 1 aliphatic heterocycles. The smallest absolute Gasteiger partial charge is 0.257 e. The molecule has 6 heteroatoms. The molecule has 23 heavy (non-hydrogen) atoms. The van der Waals surface area contributed by atoms with Crippen molar-refractivity contribution in [3.63, 3.8) is 0 Å². The van der Waals surface area contributed by atoms with E-state index in [9.17, 15) is 4.79 Å². The molecular weight excluding hydrogens is 333 g/mol. The Morgan fingerprint density at radius 1 is 1.22 bits per heavy atom. The lowest BCUT2D eigenvalue weighted by molar-refractivity contribution is 0.102. The van der Waals surface area contributed by atoms with Crippen molar-refractivity contribution in [2.75, 3.05) is 18.4 Å². The van der Waals surface area contributed by atoms with Crippen LogP contribution in [0.2, 0.25) is 5.15 Å². The summed E-state index contributed by atoms with van der Waals surface area (Å²) in [6.07, 6.45) is 3.90. The van der Waals surface area contributed by atoms with Crippen LogP contribution in [0.15, 0.2) is 42.6 Å². The molecule has 0 radical (unpaired) electrons. The van der Waals surface area contributed by atoms with E-state index in [1.54, 1.807) is 12.1 Å². The van der Waals surface area contributed by atoms with Crippen LogP contribution in [-0.4, -0.2) is 24.0 Å². The maximum absolute atomic E-state index is 12.1. The molecule has 1 fully saturated rings. The van der Waals surface area contributed by atoms with E-state index < -0.39 is 0 Å². The van der Waals surface area contributed by atoms with Crippen LogP contribution < -0.4 is 10.6 Å². The molecule has 0 aliphatic carbocycles. The fraction of sp³-hybridized carbons (Fsp3) is 0.294. The van der Waals surface area contributed by atoms with Gasteiger partial charge in [-0.2, -0.15) is 0 Å². The third-order valence-corrected chi connectivity index (χ3v) is 4.15. The number of hydrogen-bond donors (Lipinski definition) is 2. The molecule has 0 bridgehead atoms. The van der Waals surface area contributed by atoms with Crippen LogP contribution in [0, 0.1) is 0 Å². The van der Waals surface area contributed by atoms with E-state index in [1.807, 2.05) is 12.1 Å². The van der Waals surface area contributed by atoms with Crippen molar-refractivity contribution in [1.29, 1.82) is 0 Å². The number of nitrogens with one attached hydrogen (secondary N) is 2. The second kappa shape index (κ2) is 8.29. The van der Waals surface area contributed by atoms with Gasteiger partial charge in [-0.15, -0.1) is 12.4 Å². The summed E-state index contributed by atoms with van der Waals surface area (Å²) in [7, 11) is 0. The van der Waals surface area contributed by atoms with Crippen molar-refractivity contribution < 1.29 is 4.79 Å². The number of benzene rings is 1. The first-order valence-electron chi connectivity index (χ1n) is 7.46. The average Bonchev–Trinajstić information content (AvgIpc) is 2.57. The molecule has 1 atom stereocenters. The Kier molecular flexibility index (Phi) is 6.39. The van der Waals surface area contributed by atoms with Crippen molar-refractivity contribution >= 4 is 35.6 Å². The molecule has 122 valence electrons. The molecule has 1 aliphatic rings. The summed E-state index contributed by atoms with van der Waals surface area (Å²) in [4.78, 5) is 16.0. The molecule has 0 unspecified atom stereocenters. The Balaban J connectivity index is 0.00000192. The van der Waals surface area contributed by atoms with Gasteiger partial charge in [-0.05, 0) is 55.1 Å². The summed E-state index contributed by atoms with van der Waals surface area (Å²) in [6.45, 7) is 2.14. The number of carbonyl (C=O) groups is 1. The minimum Gasteiger partial charge on any atom is -0.322 e. The predicted octanol–water partition coefficient (Wildman–Crippen LogP) is 3.88. The van der Waals surface area contributed by atoms with Crippen molar-refractivity contribution in [1.82, 2.24) is 10.3 Å². The zero-order valence-corrected chi connectivity index (χ0v) is 14.2. The molecular formula is C17H19Cl2N3O. The minimum absolute atomic E-state index is 0. The van der Waals surface area contributed by atoms with Crippen LogP contribution in [0.5, 0.6) is 0 Å². The van der Waals surface area contributed by atoms with Gasteiger partial charge < -0.3 is 10.6 Å². The van der Waals surface area contributed by atoms with Gasteiger partial charge in [0.2, 0.25) is 0 Å². The maximum Gasteiger partial charge on any atom is 0.257 e. The summed E-state index contributed by atoms with van der Waals surface area (Å²) < 4.78 is 0. The minimum atomic E-state index is -0.184. The number of pyridine rings is 1. The van der Waals surface area contributed by atoms with Gasteiger partial charge in [0.25, 0.3) is 5.91 Å². The summed E-state index contributed by atoms with van der Waals surface area (Å²) in [5.41, 5.74) is 2.59. The number of amides is 1. The van der Waals surface area contributed by atoms with Gasteiger partial charge in [0.05, 0.1) is 5.56 Å². The molecule has 2 N–H and O–H groups in total. The topological polar surface area (TPSA) is 54.0 Å². The first-order chi connectivity index (χ1) is 10.7.